The Bertz CT molecular complexity index is 1080. The predicted octanol–water partition coefficient (Wildman–Crippen LogP) is 2.93. The van der Waals surface area contributed by atoms with E-state index in [-0.39, 0.29) is 35.2 Å². The van der Waals surface area contributed by atoms with E-state index in [0.717, 1.165) is 30.6 Å². The van der Waals surface area contributed by atoms with Crippen LogP contribution in [0.4, 0.5) is 17.5 Å². The predicted molar refractivity (Wildman–Crippen MR) is 121 cm³/mol. The lowest BCUT2D eigenvalue weighted by Crippen LogP contribution is -2.42. The van der Waals surface area contributed by atoms with E-state index in [4.69, 9.17) is 0 Å². The van der Waals surface area contributed by atoms with Gasteiger partial charge in [-0.25, -0.2) is 0 Å². The third-order valence-electron chi connectivity index (χ3n) is 6.06. The lowest BCUT2D eigenvalue weighted by molar-refractivity contribution is -0.123. The van der Waals surface area contributed by atoms with Crippen LogP contribution in [0.25, 0.3) is 0 Å². The number of H-pyrrole nitrogens is 1. The number of benzene rings is 1. The third kappa shape index (κ3) is 4.33. The Morgan fingerprint density at radius 3 is 2.55 bits per heavy atom. The van der Waals surface area contributed by atoms with Crippen molar-refractivity contribution in [3.05, 3.63) is 45.2 Å². The van der Waals surface area contributed by atoms with Gasteiger partial charge in [0.15, 0.2) is 0 Å². The van der Waals surface area contributed by atoms with Gasteiger partial charge in [-0.1, -0.05) is 31.5 Å². The smallest absolute Gasteiger partial charge is 0.258 e. The molecule has 1 saturated heterocycles. The Morgan fingerprint density at radius 2 is 1.87 bits per heavy atom. The SMILES string of the molecule is Cc1ccc(NC(=O)C2CC(=O)Nc3nc(N4CC(C)CC(C)C4)[nH]c(=O)c32)c(C)c1. The largest absolute Gasteiger partial charge is 0.342 e. The van der Waals surface area contributed by atoms with Crippen LogP contribution >= 0.6 is 0 Å². The van der Waals surface area contributed by atoms with E-state index in [1.165, 1.54) is 0 Å². The first-order valence-corrected chi connectivity index (χ1v) is 10.8. The summed E-state index contributed by atoms with van der Waals surface area (Å²) in [6.07, 6.45) is 1.04. The second-order valence-corrected chi connectivity index (χ2v) is 9.12. The number of nitrogens with zero attached hydrogens (tertiary/aromatic N) is 2. The fourth-order valence-corrected chi connectivity index (χ4v) is 4.74. The van der Waals surface area contributed by atoms with Crippen molar-refractivity contribution in [2.75, 3.05) is 28.6 Å². The second kappa shape index (κ2) is 8.17. The van der Waals surface area contributed by atoms with E-state index in [1.807, 2.05) is 36.9 Å². The maximum Gasteiger partial charge on any atom is 0.258 e. The van der Waals surface area contributed by atoms with Crippen molar-refractivity contribution in [2.45, 2.75) is 46.5 Å². The van der Waals surface area contributed by atoms with Crippen molar-refractivity contribution < 1.29 is 9.59 Å². The molecule has 2 amide bonds. The average molecular weight is 424 g/mol. The number of anilines is 3. The highest BCUT2D eigenvalue weighted by Crippen LogP contribution is 2.32. The molecule has 8 nitrogen and oxygen atoms in total. The highest BCUT2D eigenvalue weighted by atomic mass is 16.2. The van der Waals surface area contributed by atoms with Crippen LogP contribution in [0.15, 0.2) is 23.0 Å². The number of hydrogen-bond donors (Lipinski definition) is 3. The van der Waals surface area contributed by atoms with Gasteiger partial charge in [-0.2, -0.15) is 4.98 Å². The molecule has 164 valence electrons. The molecule has 4 rings (SSSR count). The molecule has 1 aromatic heterocycles. The number of hydrogen-bond acceptors (Lipinski definition) is 5. The summed E-state index contributed by atoms with van der Waals surface area (Å²) in [4.78, 5) is 47.9. The molecular formula is C23H29N5O3. The highest BCUT2D eigenvalue weighted by molar-refractivity contribution is 6.04. The van der Waals surface area contributed by atoms with E-state index in [2.05, 4.69) is 34.4 Å². The zero-order valence-electron chi connectivity index (χ0n) is 18.4. The van der Waals surface area contributed by atoms with Crippen LogP contribution in [-0.4, -0.2) is 34.9 Å². The molecule has 0 radical (unpaired) electrons. The molecule has 3 heterocycles. The van der Waals surface area contributed by atoms with E-state index in [9.17, 15) is 14.4 Å². The fourth-order valence-electron chi connectivity index (χ4n) is 4.74. The van der Waals surface area contributed by atoms with Gasteiger partial charge >= 0.3 is 0 Å². The molecule has 0 saturated carbocycles. The van der Waals surface area contributed by atoms with E-state index >= 15 is 0 Å². The van der Waals surface area contributed by atoms with Gasteiger partial charge < -0.3 is 15.5 Å². The Balaban J connectivity index is 1.65. The summed E-state index contributed by atoms with van der Waals surface area (Å²) in [5, 5.41) is 5.57. The van der Waals surface area contributed by atoms with Gasteiger partial charge in [-0.05, 0) is 43.7 Å². The lowest BCUT2D eigenvalue weighted by atomic mass is 9.91. The standard InChI is InChI=1S/C23H29N5O3/c1-12-5-6-17(15(4)8-12)24-21(30)16-9-18(29)25-20-19(16)22(31)27-23(26-20)28-10-13(2)7-14(3)11-28/h5-6,8,13-14,16H,7,9-11H2,1-4H3,(H,24,30)(H2,25,26,27,29,31). The van der Waals surface area contributed by atoms with E-state index in [1.54, 1.807) is 0 Å². The van der Waals surface area contributed by atoms with Crippen molar-refractivity contribution in [1.82, 2.24) is 9.97 Å². The minimum atomic E-state index is -0.894. The quantitative estimate of drug-likeness (QED) is 0.704. The van der Waals surface area contributed by atoms with Crippen LogP contribution in [0.5, 0.6) is 0 Å². The summed E-state index contributed by atoms with van der Waals surface area (Å²) in [5.41, 5.74) is 2.51. The first-order chi connectivity index (χ1) is 14.7. The second-order valence-electron chi connectivity index (χ2n) is 9.12. The molecular weight excluding hydrogens is 394 g/mol. The summed E-state index contributed by atoms with van der Waals surface area (Å²) >= 11 is 0. The van der Waals surface area contributed by atoms with Gasteiger partial charge in [-0.3, -0.25) is 19.4 Å². The number of rotatable bonds is 3. The van der Waals surface area contributed by atoms with Crippen LogP contribution in [0.2, 0.25) is 0 Å². The van der Waals surface area contributed by atoms with Gasteiger partial charge in [0.1, 0.15) is 5.82 Å². The molecule has 8 heteroatoms. The molecule has 0 bridgehead atoms. The van der Waals surface area contributed by atoms with Crippen molar-refractivity contribution in [3.63, 3.8) is 0 Å². The number of aromatic nitrogens is 2. The van der Waals surface area contributed by atoms with Gasteiger partial charge in [-0.15, -0.1) is 0 Å². The van der Waals surface area contributed by atoms with Crippen molar-refractivity contribution in [3.8, 4) is 0 Å². The molecule has 0 aliphatic carbocycles. The molecule has 0 spiro atoms. The zero-order valence-corrected chi connectivity index (χ0v) is 18.4. The van der Waals surface area contributed by atoms with Crippen molar-refractivity contribution in [2.24, 2.45) is 11.8 Å². The average Bonchev–Trinajstić information content (AvgIpc) is 2.68. The van der Waals surface area contributed by atoms with Gasteiger partial charge in [0.05, 0.1) is 11.5 Å². The number of fused-ring (bicyclic) bond motifs is 1. The van der Waals surface area contributed by atoms with E-state index < -0.39 is 5.92 Å². The van der Waals surface area contributed by atoms with E-state index in [0.29, 0.717) is 23.5 Å². The minimum absolute atomic E-state index is 0.0916. The Kier molecular flexibility index (Phi) is 5.56. The monoisotopic (exact) mass is 423 g/mol. The van der Waals surface area contributed by atoms with Crippen LogP contribution in [0, 0.1) is 25.7 Å². The molecule has 3 N–H and O–H groups in total. The number of amides is 2. The van der Waals surface area contributed by atoms with Gasteiger partial charge in [0, 0.05) is 25.2 Å². The number of aromatic amines is 1. The van der Waals surface area contributed by atoms with Gasteiger partial charge in [0.2, 0.25) is 17.8 Å². The van der Waals surface area contributed by atoms with Gasteiger partial charge in [0.25, 0.3) is 5.56 Å². The Morgan fingerprint density at radius 1 is 1.16 bits per heavy atom. The number of nitrogens with one attached hydrogen (secondary N) is 3. The number of carbonyl (C=O) groups is 2. The fraction of sp³-hybridized carbons (Fsp3) is 0.478. The van der Waals surface area contributed by atoms with Crippen LogP contribution in [-0.2, 0) is 9.59 Å². The number of carbonyl (C=O) groups excluding carboxylic acids is 2. The molecule has 2 aromatic rings. The molecule has 2 aliphatic rings. The molecule has 2 aliphatic heterocycles. The highest BCUT2D eigenvalue weighted by Gasteiger charge is 2.35. The summed E-state index contributed by atoms with van der Waals surface area (Å²) in [5.74, 6) is -0.0126. The van der Waals surface area contributed by atoms with Crippen LogP contribution in [0.3, 0.4) is 0 Å². The molecule has 3 atom stereocenters. The Labute approximate surface area is 181 Å². The number of aryl methyl sites for hydroxylation is 2. The molecule has 1 fully saturated rings. The summed E-state index contributed by atoms with van der Waals surface area (Å²) in [7, 11) is 0. The molecule has 3 unspecified atom stereocenters. The minimum Gasteiger partial charge on any atom is -0.342 e. The van der Waals surface area contributed by atoms with Crippen LogP contribution < -0.4 is 21.1 Å². The van der Waals surface area contributed by atoms with Crippen molar-refractivity contribution in [1.29, 1.82) is 0 Å². The maximum absolute atomic E-state index is 13.1. The topological polar surface area (TPSA) is 107 Å². The van der Waals surface area contributed by atoms with Crippen LogP contribution in [0.1, 0.15) is 49.3 Å². The summed E-state index contributed by atoms with van der Waals surface area (Å²) in [6, 6.07) is 5.71. The first-order valence-electron chi connectivity index (χ1n) is 10.8. The lowest BCUT2D eigenvalue weighted by Gasteiger charge is -2.35. The maximum atomic E-state index is 13.1. The first kappa shape index (κ1) is 21.1. The third-order valence-corrected chi connectivity index (χ3v) is 6.06. The molecule has 1 aromatic carbocycles. The number of piperidine rings is 1. The molecule has 31 heavy (non-hydrogen) atoms. The normalized spacial score (nSPS) is 23.2. The summed E-state index contributed by atoms with van der Waals surface area (Å²) < 4.78 is 0. The zero-order chi connectivity index (χ0) is 22.3. The Hall–Kier alpha value is -3.16. The summed E-state index contributed by atoms with van der Waals surface area (Å²) in [6.45, 7) is 9.81. The van der Waals surface area contributed by atoms with Crippen molar-refractivity contribution >= 4 is 29.3 Å².